The molecule has 0 fully saturated rings. The fourth-order valence-electron chi connectivity index (χ4n) is 1.18. The summed E-state index contributed by atoms with van der Waals surface area (Å²) >= 11 is 0. The van der Waals surface area contributed by atoms with Crippen LogP contribution in [-0.2, 0) is 0 Å². The van der Waals surface area contributed by atoms with Gasteiger partial charge in [0.05, 0.1) is 18.0 Å². The number of rotatable bonds is 2. The van der Waals surface area contributed by atoms with Crippen molar-refractivity contribution in [2.24, 2.45) is 0 Å². The van der Waals surface area contributed by atoms with E-state index in [4.69, 9.17) is 4.74 Å². The quantitative estimate of drug-likeness (QED) is 0.720. The van der Waals surface area contributed by atoms with E-state index in [0.717, 1.165) is 16.7 Å². The van der Waals surface area contributed by atoms with E-state index < -0.39 is 0 Å². The second kappa shape index (κ2) is 2.93. The molecule has 2 aromatic heterocycles. The number of pyridine rings is 1. The number of methoxy groups -OCH3 is 1. The predicted octanol–water partition coefficient (Wildman–Crippen LogP) is 1.01. The summed E-state index contributed by atoms with van der Waals surface area (Å²) in [5.41, 5.74) is 0.913. The fourth-order valence-corrected chi connectivity index (χ4v) is 1.18. The first kappa shape index (κ1) is 7.85. The van der Waals surface area contributed by atoms with E-state index in [0.29, 0.717) is 5.88 Å². The van der Waals surface area contributed by atoms with Crippen LogP contribution in [0.4, 0.5) is 5.82 Å². The number of anilines is 1. The Kier molecular flexibility index (Phi) is 1.77. The van der Waals surface area contributed by atoms with Crippen LogP contribution in [0.25, 0.3) is 10.9 Å². The summed E-state index contributed by atoms with van der Waals surface area (Å²) in [5.74, 6) is 1.38. The lowest BCUT2D eigenvalue weighted by molar-refractivity contribution is 0.401. The first-order valence-corrected chi connectivity index (χ1v) is 3.91. The van der Waals surface area contributed by atoms with Crippen LogP contribution in [0, 0.1) is 0 Å². The Balaban J connectivity index is 2.61. The molecule has 0 aromatic carbocycles. The van der Waals surface area contributed by atoms with E-state index >= 15 is 0 Å². The molecule has 0 aliphatic heterocycles. The van der Waals surface area contributed by atoms with Crippen molar-refractivity contribution in [2.75, 3.05) is 19.5 Å². The number of fused-ring (bicyclic) bond motifs is 1. The first-order valence-electron chi connectivity index (χ1n) is 3.91. The number of hydrogen-bond donors (Lipinski definition) is 2. The van der Waals surface area contributed by atoms with Crippen molar-refractivity contribution in [3.05, 3.63) is 12.3 Å². The molecule has 0 bridgehead atoms. The van der Waals surface area contributed by atoms with E-state index in [1.165, 1.54) is 0 Å². The van der Waals surface area contributed by atoms with Crippen LogP contribution < -0.4 is 10.1 Å². The third-order valence-electron chi connectivity index (χ3n) is 1.86. The van der Waals surface area contributed by atoms with Gasteiger partial charge in [-0.1, -0.05) is 0 Å². The Morgan fingerprint density at radius 2 is 2.38 bits per heavy atom. The predicted molar refractivity (Wildman–Crippen MR) is 50.0 cm³/mol. The van der Waals surface area contributed by atoms with Gasteiger partial charge in [-0.05, 0) is 0 Å². The van der Waals surface area contributed by atoms with Gasteiger partial charge in [-0.15, -0.1) is 5.10 Å². The second-order valence-corrected chi connectivity index (χ2v) is 2.60. The van der Waals surface area contributed by atoms with Crippen LogP contribution in [0.1, 0.15) is 0 Å². The van der Waals surface area contributed by atoms with Gasteiger partial charge in [0.2, 0.25) is 5.88 Å². The zero-order valence-electron chi connectivity index (χ0n) is 7.46. The van der Waals surface area contributed by atoms with Crippen LogP contribution >= 0.6 is 0 Å². The zero-order chi connectivity index (χ0) is 9.26. The van der Waals surface area contributed by atoms with Gasteiger partial charge in [0, 0.05) is 19.3 Å². The maximum atomic E-state index is 5.04. The van der Waals surface area contributed by atoms with Gasteiger partial charge in [-0.25, -0.2) is 4.98 Å². The van der Waals surface area contributed by atoms with Gasteiger partial charge >= 0.3 is 0 Å². The Morgan fingerprint density at radius 1 is 1.54 bits per heavy atom. The zero-order valence-corrected chi connectivity index (χ0v) is 7.46. The van der Waals surface area contributed by atoms with Gasteiger partial charge in [-0.3, -0.25) is 5.10 Å². The maximum absolute atomic E-state index is 5.04. The summed E-state index contributed by atoms with van der Waals surface area (Å²) in [7, 11) is 3.41. The van der Waals surface area contributed by atoms with E-state index in [2.05, 4.69) is 20.5 Å². The minimum atomic E-state index is 0.574. The SMILES string of the molecule is CNc1cc2[nH]nc(OC)c2cn1. The van der Waals surface area contributed by atoms with Crippen LogP contribution in [0.2, 0.25) is 0 Å². The van der Waals surface area contributed by atoms with Gasteiger partial charge in [0.1, 0.15) is 5.82 Å². The molecule has 2 heterocycles. The maximum Gasteiger partial charge on any atom is 0.241 e. The highest BCUT2D eigenvalue weighted by atomic mass is 16.5. The van der Waals surface area contributed by atoms with Crippen molar-refractivity contribution in [3.63, 3.8) is 0 Å². The van der Waals surface area contributed by atoms with Crippen molar-refractivity contribution >= 4 is 16.7 Å². The summed E-state index contributed by atoms with van der Waals surface area (Å²) < 4.78 is 5.04. The lowest BCUT2D eigenvalue weighted by Gasteiger charge is -1.97. The van der Waals surface area contributed by atoms with Gasteiger partial charge < -0.3 is 10.1 Å². The largest absolute Gasteiger partial charge is 0.479 e. The summed E-state index contributed by atoms with van der Waals surface area (Å²) in [4.78, 5) is 4.16. The Labute approximate surface area is 75.1 Å². The van der Waals surface area contributed by atoms with E-state index in [9.17, 15) is 0 Å². The molecular weight excluding hydrogens is 168 g/mol. The highest BCUT2D eigenvalue weighted by Crippen LogP contribution is 2.22. The van der Waals surface area contributed by atoms with Crippen LogP contribution in [0.15, 0.2) is 12.3 Å². The summed E-state index contributed by atoms with van der Waals surface area (Å²) in [6.07, 6.45) is 1.73. The number of aromatic nitrogens is 3. The normalized spacial score (nSPS) is 10.3. The number of hydrogen-bond acceptors (Lipinski definition) is 4. The monoisotopic (exact) mass is 178 g/mol. The molecule has 0 unspecified atom stereocenters. The average Bonchev–Trinajstić information content (AvgIpc) is 2.59. The molecule has 0 amide bonds. The lowest BCUT2D eigenvalue weighted by Crippen LogP contribution is -1.90. The Hall–Kier alpha value is -1.78. The third-order valence-corrected chi connectivity index (χ3v) is 1.86. The van der Waals surface area contributed by atoms with Gasteiger partial charge in [0.15, 0.2) is 0 Å². The van der Waals surface area contributed by atoms with Gasteiger partial charge in [-0.2, -0.15) is 0 Å². The molecule has 2 aromatic rings. The minimum absolute atomic E-state index is 0.574. The molecule has 13 heavy (non-hydrogen) atoms. The van der Waals surface area contributed by atoms with Crippen LogP contribution in [-0.4, -0.2) is 29.3 Å². The molecule has 0 spiro atoms. The summed E-state index contributed by atoms with van der Waals surface area (Å²) in [6, 6.07) is 1.88. The van der Waals surface area contributed by atoms with Crippen molar-refractivity contribution in [3.8, 4) is 5.88 Å². The highest BCUT2D eigenvalue weighted by Gasteiger charge is 2.05. The number of ether oxygens (including phenoxy) is 1. The van der Waals surface area contributed by atoms with Crippen molar-refractivity contribution in [2.45, 2.75) is 0 Å². The topological polar surface area (TPSA) is 62.8 Å². The molecule has 0 atom stereocenters. The molecule has 0 radical (unpaired) electrons. The molecular formula is C8H10N4O. The number of aromatic amines is 1. The smallest absolute Gasteiger partial charge is 0.241 e. The van der Waals surface area contributed by atoms with Crippen molar-refractivity contribution in [1.29, 1.82) is 0 Å². The first-order chi connectivity index (χ1) is 6.35. The number of H-pyrrole nitrogens is 1. The summed E-state index contributed by atoms with van der Waals surface area (Å²) in [6.45, 7) is 0. The molecule has 5 nitrogen and oxygen atoms in total. The second-order valence-electron chi connectivity index (χ2n) is 2.60. The van der Waals surface area contributed by atoms with E-state index in [1.54, 1.807) is 13.3 Å². The molecule has 0 aliphatic rings. The van der Waals surface area contributed by atoms with Crippen molar-refractivity contribution < 1.29 is 4.74 Å². The van der Waals surface area contributed by atoms with Crippen molar-refractivity contribution in [1.82, 2.24) is 15.2 Å². The van der Waals surface area contributed by atoms with E-state index in [1.807, 2.05) is 13.1 Å². The number of nitrogens with zero attached hydrogens (tertiary/aromatic N) is 2. The van der Waals surface area contributed by atoms with Crippen LogP contribution in [0.5, 0.6) is 5.88 Å². The van der Waals surface area contributed by atoms with Crippen LogP contribution in [0.3, 0.4) is 0 Å². The molecule has 68 valence electrons. The third kappa shape index (κ3) is 1.18. The molecule has 2 N–H and O–H groups in total. The van der Waals surface area contributed by atoms with Gasteiger partial charge in [0.25, 0.3) is 0 Å². The summed E-state index contributed by atoms with van der Waals surface area (Å²) in [5, 5.41) is 10.7. The molecule has 2 rings (SSSR count). The molecule has 0 aliphatic carbocycles. The standard InChI is InChI=1S/C8H10N4O/c1-9-7-3-6-5(4-10-7)8(13-2)12-11-6/h3-4H,1-2H3,(H,9,10)(H,11,12). The average molecular weight is 178 g/mol. The van der Waals surface area contributed by atoms with E-state index in [-0.39, 0.29) is 0 Å². The Morgan fingerprint density at radius 3 is 3.08 bits per heavy atom. The number of nitrogens with one attached hydrogen (secondary N) is 2. The minimum Gasteiger partial charge on any atom is -0.479 e. The molecule has 0 saturated carbocycles. The lowest BCUT2D eigenvalue weighted by atomic mass is 10.3. The highest BCUT2D eigenvalue weighted by molar-refractivity contribution is 5.84. The fraction of sp³-hybridized carbons (Fsp3) is 0.250. The molecule has 0 saturated heterocycles. The Bertz CT molecular complexity index is 423. The molecule has 5 heteroatoms.